The number of ether oxygens (including phenoxy) is 1. The van der Waals surface area contributed by atoms with E-state index in [0.717, 1.165) is 0 Å². The lowest BCUT2D eigenvalue weighted by Crippen LogP contribution is -2.52. The Morgan fingerprint density at radius 2 is 2.20 bits per heavy atom. The highest BCUT2D eigenvalue weighted by molar-refractivity contribution is 6.06. The fourth-order valence-corrected chi connectivity index (χ4v) is 2.96. The van der Waals surface area contributed by atoms with Gasteiger partial charge < -0.3 is 9.64 Å². The standard InChI is InChI=1S/C17H15N3O5/c1-2-8-25-17(24)18-12-5-3-4-10-11(12)9-20(16(10)23)13-6-7-14(21)19-15(13)22/h1,3-5,13H,6-9H2,(H,18,24)(H,19,21,22). The van der Waals surface area contributed by atoms with Gasteiger partial charge in [-0.2, -0.15) is 0 Å². The van der Waals surface area contributed by atoms with Crippen LogP contribution in [-0.4, -0.2) is 41.4 Å². The molecule has 25 heavy (non-hydrogen) atoms. The van der Waals surface area contributed by atoms with Crippen LogP contribution in [0.2, 0.25) is 0 Å². The molecule has 8 heteroatoms. The topological polar surface area (TPSA) is 105 Å². The zero-order valence-electron chi connectivity index (χ0n) is 13.2. The predicted octanol–water partition coefficient (Wildman–Crippen LogP) is 0.629. The molecule has 1 aromatic rings. The summed E-state index contributed by atoms with van der Waals surface area (Å²) in [6.45, 7) is -0.00573. The highest BCUT2D eigenvalue weighted by Gasteiger charge is 2.39. The first-order valence-electron chi connectivity index (χ1n) is 7.65. The number of benzene rings is 1. The van der Waals surface area contributed by atoms with E-state index in [1.54, 1.807) is 18.2 Å². The molecule has 3 rings (SSSR count). The number of anilines is 1. The van der Waals surface area contributed by atoms with Crippen LogP contribution in [0.15, 0.2) is 18.2 Å². The summed E-state index contributed by atoms with van der Waals surface area (Å²) in [5, 5.41) is 4.79. The number of hydrogen-bond acceptors (Lipinski definition) is 5. The van der Waals surface area contributed by atoms with Gasteiger partial charge in [-0.05, 0) is 18.6 Å². The van der Waals surface area contributed by atoms with Crippen LogP contribution in [-0.2, 0) is 20.9 Å². The third-order valence-electron chi connectivity index (χ3n) is 4.11. The van der Waals surface area contributed by atoms with E-state index in [0.29, 0.717) is 16.8 Å². The van der Waals surface area contributed by atoms with Crippen LogP contribution in [0.3, 0.4) is 0 Å². The van der Waals surface area contributed by atoms with Gasteiger partial charge >= 0.3 is 6.09 Å². The number of carbonyl (C=O) groups excluding carboxylic acids is 4. The van der Waals surface area contributed by atoms with E-state index in [1.807, 2.05) is 0 Å². The van der Waals surface area contributed by atoms with Crippen LogP contribution in [0.5, 0.6) is 0 Å². The molecule has 128 valence electrons. The molecule has 1 fully saturated rings. The van der Waals surface area contributed by atoms with Gasteiger partial charge in [-0.15, -0.1) is 6.42 Å². The Bertz CT molecular complexity index is 811. The molecule has 2 heterocycles. The van der Waals surface area contributed by atoms with Crippen LogP contribution in [0.1, 0.15) is 28.8 Å². The van der Waals surface area contributed by atoms with Gasteiger partial charge in [-0.25, -0.2) is 4.79 Å². The fourth-order valence-electron chi connectivity index (χ4n) is 2.96. The van der Waals surface area contributed by atoms with E-state index in [-0.39, 0.29) is 37.8 Å². The SMILES string of the molecule is C#CCOC(=O)Nc1cccc2c1CN(C1CCC(=O)NC1=O)C2=O. The minimum atomic E-state index is -0.724. The van der Waals surface area contributed by atoms with Gasteiger partial charge in [0.25, 0.3) is 5.91 Å². The van der Waals surface area contributed by atoms with Crippen molar-refractivity contribution in [1.82, 2.24) is 10.2 Å². The zero-order chi connectivity index (χ0) is 18.0. The lowest BCUT2D eigenvalue weighted by molar-refractivity contribution is -0.136. The number of imide groups is 1. The molecule has 1 aromatic carbocycles. The molecule has 1 atom stereocenters. The second kappa shape index (κ2) is 6.65. The van der Waals surface area contributed by atoms with Crippen molar-refractivity contribution < 1.29 is 23.9 Å². The van der Waals surface area contributed by atoms with Crippen LogP contribution >= 0.6 is 0 Å². The number of rotatable bonds is 3. The van der Waals surface area contributed by atoms with E-state index < -0.39 is 18.0 Å². The first-order valence-corrected chi connectivity index (χ1v) is 7.65. The van der Waals surface area contributed by atoms with Gasteiger partial charge in [-0.3, -0.25) is 25.0 Å². The van der Waals surface area contributed by atoms with Crippen LogP contribution < -0.4 is 10.6 Å². The average Bonchev–Trinajstić information content (AvgIpc) is 2.91. The summed E-state index contributed by atoms with van der Waals surface area (Å²) in [7, 11) is 0. The number of nitrogens with zero attached hydrogens (tertiary/aromatic N) is 1. The van der Waals surface area contributed by atoms with Crippen molar-refractivity contribution >= 4 is 29.5 Å². The quantitative estimate of drug-likeness (QED) is 0.620. The third-order valence-corrected chi connectivity index (χ3v) is 4.11. The molecule has 2 aliphatic rings. The number of hydrogen-bond donors (Lipinski definition) is 2. The Kier molecular flexibility index (Phi) is 4.39. The first-order chi connectivity index (χ1) is 12.0. The second-order valence-corrected chi connectivity index (χ2v) is 5.64. The Hall–Kier alpha value is -3.34. The number of piperidine rings is 1. The lowest BCUT2D eigenvalue weighted by atomic mass is 10.0. The molecule has 0 spiro atoms. The van der Waals surface area contributed by atoms with Gasteiger partial charge in [0.2, 0.25) is 11.8 Å². The van der Waals surface area contributed by atoms with Gasteiger partial charge in [0.15, 0.2) is 6.61 Å². The highest BCUT2D eigenvalue weighted by Crippen LogP contribution is 2.32. The van der Waals surface area contributed by atoms with Crippen molar-refractivity contribution in [2.75, 3.05) is 11.9 Å². The maximum atomic E-state index is 12.6. The summed E-state index contributed by atoms with van der Waals surface area (Å²) in [6.07, 6.45) is 4.77. The van der Waals surface area contributed by atoms with Gasteiger partial charge in [-0.1, -0.05) is 12.0 Å². The number of nitrogens with one attached hydrogen (secondary N) is 2. The van der Waals surface area contributed by atoms with Crippen molar-refractivity contribution in [3.05, 3.63) is 29.3 Å². The molecule has 4 amide bonds. The molecular weight excluding hydrogens is 326 g/mol. The fraction of sp³-hybridized carbons (Fsp3) is 0.294. The molecule has 2 aliphatic heterocycles. The van der Waals surface area contributed by atoms with Crippen LogP contribution in [0, 0.1) is 12.3 Å². The second-order valence-electron chi connectivity index (χ2n) is 5.64. The van der Waals surface area contributed by atoms with Crippen LogP contribution in [0.25, 0.3) is 0 Å². The molecule has 2 N–H and O–H groups in total. The Morgan fingerprint density at radius 1 is 1.40 bits per heavy atom. The minimum Gasteiger partial charge on any atom is -0.436 e. The van der Waals surface area contributed by atoms with Crippen molar-refractivity contribution in [3.8, 4) is 12.3 Å². The number of fused-ring (bicyclic) bond motifs is 1. The highest BCUT2D eigenvalue weighted by atomic mass is 16.5. The molecule has 1 unspecified atom stereocenters. The molecular formula is C17H15N3O5. The van der Waals surface area contributed by atoms with Crippen molar-refractivity contribution in [2.24, 2.45) is 0 Å². The summed E-state index contributed by atoms with van der Waals surface area (Å²) < 4.78 is 4.77. The number of amides is 4. The maximum Gasteiger partial charge on any atom is 0.412 e. The van der Waals surface area contributed by atoms with Gasteiger partial charge in [0, 0.05) is 29.8 Å². The monoisotopic (exact) mass is 341 g/mol. The summed E-state index contributed by atoms with van der Waals surface area (Å²) in [5.74, 6) is 1.04. The van der Waals surface area contributed by atoms with Crippen LogP contribution in [0.4, 0.5) is 10.5 Å². The van der Waals surface area contributed by atoms with Gasteiger partial charge in [0.05, 0.1) is 0 Å². The predicted molar refractivity (Wildman–Crippen MR) is 86.3 cm³/mol. The smallest absolute Gasteiger partial charge is 0.412 e. The maximum absolute atomic E-state index is 12.6. The van der Waals surface area contributed by atoms with E-state index >= 15 is 0 Å². The zero-order valence-corrected chi connectivity index (χ0v) is 13.2. The van der Waals surface area contributed by atoms with E-state index in [9.17, 15) is 19.2 Å². The molecule has 0 aromatic heterocycles. The van der Waals surface area contributed by atoms with E-state index in [1.165, 1.54) is 4.90 Å². The average molecular weight is 341 g/mol. The molecule has 0 saturated carbocycles. The lowest BCUT2D eigenvalue weighted by Gasteiger charge is -2.29. The summed E-state index contributed by atoms with van der Waals surface area (Å²) in [4.78, 5) is 49.0. The number of carbonyl (C=O) groups is 4. The van der Waals surface area contributed by atoms with E-state index in [4.69, 9.17) is 11.2 Å². The largest absolute Gasteiger partial charge is 0.436 e. The molecule has 8 nitrogen and oxygen atoms in total. The summed E-state index contributed by atoms with van der Waals surface area (Å²) >= 11 is 0. The van der Waals surface area contributed by atoms with E-state index in [2.05, 4.69) is 16.6 Å². The minimum absolute atomic E-state index is 0.159. The molecule has 0 bridgehead atoms. The van der Waals surface area contributed by atoms with Crippen molar-refractivity contribution in [1.29, 1.82) is 0 Å². The Balaban J connectivity index is 1.80. The van der Waals surface area contributed by atoms with Crippen molar-refractivity contribution in [3.63, 3.8) is 0 Å². The Morgan fingerprint density at radius 3 is 2.92 bits per heavy atom. The molecule has 0 radical (unpaired) electrons. The normalized spacial score (nSPS) is 19.1. The molecule has 1 saturated heterocycles. The third kappa shape index (κ3) is 3.17. The molecule has 0 aliphatic carbocycles. The Labute approximate surface area is 143 Å². The van der Waals surface area contributed by atoms with Crippen molar-refractivity contribution in [2.45, 2.75) is 25.4 Å². The summed E-state index contributed by atoms with van der Waals surface area (Å²) in [6, 6.07) is 4.18. The first kappa shape index (κ1) is 16.5. The number of terminal acetylenes is 1. The summed E-state index contributed by atoms with van der Waals surface area (Å²) in [5.41, 5.74) is 1.41. The van der Waals surface area contributed by atoms with Gasteiger partial charge in [0.1, 0.15) is 6.04 Å².